The molecule has 2 heterocycles. The van der Waals surface area contributed by atoms with Crippen molar-refractivity contribution < 1.29 is 9.90 Å². The predicted molar refractivity (Wildman–Crippen MR) is 52.8 cm³/mol. The molecule has 0 aromatic carbocycles. The van der Waals surface area contributed by atoms with Gasteiger partial charge in [-0.05, 0) is 19.8 Å². The van der Waals surface area contributed by atoms with Gasteiger partial charge in [0, 0.05) is 32.1 Å². The van der Waals surface area contributed by atoms with Gasteiger partial charge in [0.2, 0.25) is 5.91 Å². The summed E-state index contributed by atoms with van der Waals surface area (Å²) in [5.74, 6) is 0.152. The first kappa shape index (κ1) is 9.93. The molecular formula is C10H18N2O2. The Kier molecular flexibility index (Phi) is 2.49. The zero-order valence-electron chi connectivity index (χ0n) is 8.62. The fraction of sp³-hybridized carbons (Fsp3) is 0.900. The van der Waals surface area contributed by atoms with Gasteiger partial charge in [0.05, 0.1) is 5.60 Å². The maximum absolute atomic E-state index is 11.3. The van der Waals surface area contributed by atoms with Gasteiger partial charge >= 0.3 is 0 Å². The SMILES string of the molecule is CC1(O)CN(C2CCCNC(=O)C2)C1. The molecule has 2 rings (SSSR count). The van der Waals surface area contributed by atoms with Crippen molar-refractivity contribution in [1.29, 1.82) is 0 Å². The van der Waals surface area contributed by atoms with Crippen LogP contribution in [0.2, 0.25) is 0 Å². The number of likely N-dealkylation sites (tertiary alicyclic amines) is 1. The van der Waals surface area contributed by atoms with Crippen LogP contribution in [-0.2, 0) is 4.79 Å². The molecule has 2 fully saturated rings. The summed E-state index contributed by atoms with van der Waals surface area (Å²) >= 11 is 0. The van der Waals surface area contributed by atoms with Crippen LogP contribution in [0, 0.1) is 0 Å². The van der Waals surface area contributed by atoms with Gasteiger partial charge in [0.1, 0.15) is 0 Å². The molecule has 1 atom stereocenters. The molecule has 0 aliphatic carbocycles. The van der Waals surface area contributed by atoms with E-state index in [-0.39, 0.29) is 5.91 Å². The Hall–Kier alpha value is -0.610. The topological polar surface area (TPSA) is 52.6 Å². The minimum absolute atomic E-state index is 0.152. The van der Waals surface area contributed by atoms with Gasteiger partial charge in [-0.2, -0.15) is 0 Å². The molecule has 80 valence electrons. The van der Waals surface area contributed by atoms with E-state index >= 15 is 0 Å². The van der Waals surface area contributed by atoms with Crippen LogP contribution < -0.4 is 5.32 Å². The molecule has 0 spiro atoms. The summed E-state index contributed by atoms with van der Waals surface area (Å²) in [7, 11) is 0. The monoisotopic (exact) mass is 198 g/mol. The average molecular weight is 198 g/mol. The Morgan fingerprint density at radius 1 is 1.57 bits per heavy atom. The van der Waals surface area contributed by atoms with E-state index in [0.717, 1.165) is 19.4 Å². The first-order valence-electron chi connectivity index (χ1n) is 5.30. The van der Waals surface area contributed by atoms with Gasteiger partial charge in [-0.1, -0.05) is 0 Å². The van der Waals surface area contributed by atoms with E-state index in [2.05, 4.69) is 10.2 Å². The Labute approximate surface area is 84.3 Å². The Morgan fingerprint density at radius 3 is 2.93 bits per heavy atom. The Balaban J connectivity index is 1.88. The molecule has 0 saturated carbocycles. The van der Waals surface area contributed by atoms with Crippen LogP contribution >= 0.6 is 0 Å². The van der Waals surface area contributed by atoms with Crippen molar-refractivity contribution in [3.63, 3.8) is 0 Å². The fourth-order valence-electron chi connectivity index (χ4n) is 2.35. The highest BCUT2D eigenvalue weighted by Gasteiger charge is 2.40. The molecule has 1 unspecified atom stereocenters. The highest BCUT2D eigenvalue weighted by atomic mass is 16.3. The van der Waals surface area contributed by atoms with Gasteiger partial charge in [-0.3, -0.25) is 9.69 Å². The number of nitrogens with one attached hydrogen (secondary N) is 1. The number of β-amino-alcohol motifs (C(OH)–C–C–N with tert-alkyl or cyclic N) is 1. The molecule has 0 bridgehead atoms. The number of hydrogen-bond donors (Lipinski definition) is 2. The lowest BCUT2D eigenvalue weighted by Gasteiger charge is -2.48. The van der Waals surface area contributed by atoms with Gasteiger partial charge in [-0.25, -0.2) is 0 Å². The molecule has 4 nitrogen and oxygen atoms in total. The van der Waals surface area contributed by atoms with Crippen molar-refractivity contribution in [2.24, 2.45) is 0 Å². The maximum Gasteiger partial charge on any atom is 0.221 e. The molecule has 4 heteroatoms. The zero-order valence-corrected chi connectivity index (χ0v) is 8.62. The minimum Gasteiger partial charge on any atom is -0.388 e. The lowest BCUT2D eigenvalue weighted by atomic mass is 9.92. The zero-order chi connectivity index (χ0) is 10.2. The summed E-state index contributed by atoms with van der Waals surface area (Å²) in [5.41, 5.74) is -0.525. The van der Waals surface area contributed by atoms with Gasteiger partial charge < -0.3 is 10.4 Å². The van der Waals surface area contributed by atoms with Crippen LogP contribution in [0.5, 0.6) is 0 Å². The lowest BCUT2D eigenvalue weighted by molar-refractivity contribution is -0.127. The van der Waals surface area contributed by atoms with Crippen molar-refractivity contribution in [1.82, 2.24) is 10.2 Å². The fourth-order valence-corrected chi connectivity index (χ4v) is 2.35. The van der Waals surface area contributed by atoms with E-state index in [9.17, 15) is 9.90 Å². The smallest absolute Gasteiger partial charge is 0.221 e. The summed E-state index contributed by atoms with van der Waals surface area (Å²) in [6, 6.07) is 0.345. The molecule has 0 aromatic rings. The van der Waals surface area contributed by atoms with Crippen LogP contribution in [0.3, 0.4) is 0 Å². The van der Waals surface area contributed by atoms with Crippen molar-refractivity contribution >= 4 is 5.91 Å². The first-order chi connectivity index (χ1) is 6.57. The molecule has 2 N–H and O–H groups in total. The number of carbonyl (C=O) groups excluding carboxylic acids is 1. The molecule has 2 aliphatic rings. The van der Waals surface area contributed by atoms with Crippen LogP contribution in [-0.4, -0.2) is 47.2 Å². The highest BCUT2D eigenvalue weighted by Crippen LogP contribution is 2.26. The van der Waals surface area contributed by atoms with E-state index in [4.69, 9.17) is 0 Å². The Morgan fingerprint density at radius 2 is 2.29 bits per heavy atom. The molecule has 0 radical (unpaired) electrons. The summed E-state index contributed by atoms with van der Waals surface area (Å²) < 4.78 is 0. The summed E-state index contributed by atoms with van der Waals surface area (Å²) in [4.78, 5) is 13.5. The predicted octanol–water partition coefficient (Wildman–Crippen LogP) is -0.278. The number of nitrogens with zero attached hydrogens (tertiary/aromatic N) is 1. The van der Waals surface area contributed by atoms with Crippen molar-refractivity contribution in [2.45, 2.75) is 37.8 Å². The van der Waals surface area contributed by atoms with E-state index in [1.54, 1.807) is 0 Å². The quantitative estimate of drug-likeness (QED) is 0.609. The standard InChI is InChI=1S/C10H18N2O2/c1-10(14)6-12(7-10)8-3-2-4-11-9(13)5-8/h8,14H,2-7H2,1H3,(H,11,13). The van der Waals surface area contributed by atoms with E-state index in [1.807, 2.05) is 6.92 Å². The molecular weight excluding hydrogens is 180 g/mol. The summed E-state index contributed by atoms with van der Waals surface area (Å²) in [6.07, 6.45) is 2.71. The van der Waals surface area contributed by atoms with Crippen LogP contribution in [0.4, 0.5) is 0 Å². The third kappa shape index (κ3) is 2.07. The van der Waals surface area contributed by atoms with Gasteiger partial charge in [0.15, 0.2) is 0 Å². The third-order valence-electron chi connectivity index (χ3n) is 3.06. The lowest BCUT2D eigenvalue weighted by Crippen LogP contribution is -2.63. The van der Waals surface area contributed by atoms with E-state index < -0.39 is 5.60 Å². The molecule has 0 aromatic heterocycles. The highest BCUT2D eigenvalue weighted by molar-refractivity contribution is 5.76. The molecule has 14 heavy (non-hydrogen) atoms. The minimum atomic E-state index is -0.525. The molecule has 1 amide bonds. The average Bonchev–Trinajstić information content (AvgIpc) is 2.25. The van der Waals surface area contributed by atoms with Crippen LogP contribution in [0.25, 0.3) is 0 Å². The number of amides is 1. The van der Waals surface area contributed by atoms with Gasteiger partial charge in [0.25, 0.3) is 0 Å². The molecule has 2 saturated heterocycles. The number of hydrogen-bond acceptors (Lipinski definition) is 3. The number of carbonyl (C=O) groups is 1. The van der Waals surface area contributed by atoms with Crippen molar-refractivity contribution in [3.8, 4) is 0 Å². The largest absolute Gasteiger partial charge is 0.388 e. The summed E-state index contributed by atoms with van der Waals surface area (Å²) in [5, 5.41) is 12.5. The van der Waals surface area contributed by atoms with E-state index in [0.29, 0.717) is 25.6 Å². The number of aliphatic hydroxyl groups is 1. The van der Waals surface area contributed by atoms with Gasteiger partial charge in [-0.15, -0.1) is 0 Å². The normalized spacial score (nSPS) is 33.0. The second-order valence-electron chi connectivity index (χ2n) is 4.75. The second kappa shape index (κ2) is 3.51. The first-order valence-corrected chi connectivity index (χ1v) is 5.30. The van der Waals surface area contributed by atoms with Crippen LogP contribution in [0.15, 0.2) is 0 Å². The van der Waals surface area contributed by atoms with E-state index in [1.165, 1.54) is 0 Å². The number of rotatable bonds is 1. The molecule has 2 aliphatic heterocycles. The maximum atomic E-state index is 11.3. The third-order valence-corrected chi connectivity index (χ3v) is 3.06. The van der Waals surface area contributed by atoms with Crippen molar-refractivity contribution in [3.05, 3.63) is 0 Å². The van der Waals surface area contributed by atoms with Crippen LogP contribution in [0.1, 0.15) is 26.2 Å². The second-order valence-corrected chi connectivity index (χ2v) is 4.75. The summed E-state index contributed by atoms with van der Waals surface area (Å²) in [6.45, 7) is 4.08. The Bertz CT molecular complexity index is 232. The van der Waals surface area contributed by atoms with Crippen molar-refractivity contribution in [2.75, 3.05) is 19.6 Å².